The Morgan fingerprint density at radius 1 is 1.23 bits per heavy atom. The van der Waals surface area contributed by atoms with Gasteiger partial charge in [0.05, 0.1) is 13.7 Å². The van der Waals surface area contributed by atoms with Crippen LogP contribution in [-0.2, 0) is 4.84 Å². The molecule has 5 heteroatoms. The maximum Gasteiger partial charge on any atom is 0.345 e. The molecule has 5 nitrogen and oxygen atoms in total. The summed E-state index contributed by atoms with van der Waals surface area (Å²) in [5.41, 5.74) is 4.06. The van der Waals surface area contributed by atoms with Gasteiger partial charge in [-0.3, -0.25) is 4.84 Å². The Kier molecular flexibility index (Phi) is 6.81. The average Bonchev–Trinajstić information content (AvgIpc) is 2.65. The second-order valence-electron chi connectivity index (χ2n) is 6.25. The molecule has 138 valence electrons. The van der Waals surface area contributed by atoms with Gasteiger partial charge in [-0.05, 0) is 30.2 Å². The van der Waals surface area contributed by atoms with E-state index in [1.165, 1.54) is 19.7 Å². The van der Waals surface area contributed by atoms with Crippen LogP contribution in [0.15, 0.2) is 55.1 Å². The van der Waals surface area contributed by atoms with Crippen LogP contribution in [0.25, 0.3) is 5.57 Å². The number of nitrogens with one attached hydrogen (secondary N) is 1. The fraction of sp³-hybridized carbons (Fsp3) is 0.286. The zero-order chi connectivity index (χ0) is 19.1. The lowest BCUT2D eigenvalue weighted by Gasteiger charge is -2.16. The Bertz CT molecular complexity index is 756. The molecule has 1 unspecified atom stereocenters. The third kappa shape index (κ3) is 5.36. The third-order valence-electron chi connectivity index (χ3n) is 4.12. The van der Waals surface area contributed by atoms with Crippen LogP contribution in [0.2, 0.25) is 0 Å². The predicted molar refractivity (Wildman–Crippen MR) is 105 cm³/mol. The normalized spacial score (nSPS) is 11.5. The summed E-state index contributed by atoms with van der Waals surface area (Å²) in [6.45, 7) is 8.62. The highest BCUT2D eigenvalue weighted by atomic mass is 16.7. The molecule has 0 saturated carbocycles. The number of nitrogens with zero attached hydrogens (tertiary/aromatic N) is 1. The maximum absolute atomic E-state index is 11.8. The molecule has 2 rings (SSSR count). The van der Waals surface area contributed by atoms with Gasteiger partial charge in [-0.1, -0.05) is 49.4 Å². The molecule has 0 radical (unpaired) electrons. The Balaban J connectivity index is 1.95. The monoisotopic (exact) mass is 354 g/mol. The Hall–Kier alpha value is -2.79. The Morgan fingerprint density at radius 3 is 2.54 bits per heavy atom. The van der Waals surface area contributed by atoms with Gasteiger partial charge in [0.1, 0.15) is 5.75 Å². The lowest BCUT2D eigenvalue weighted by Crippen LogP contribution is -2.30. The highest BCUT2D eigenvalue weighted by Crippen LogP contribution is 2.22. The molecule has 0 aliphatic carbocycles. The Morgan fingerprint density at radius 2 is 1.92 bits per heavy atom. The van der Waals surface area contributed by atoms with Gasteiger partial charge in [-0.2, -0.15) is 0 Å². The molecule has 0 saturated heterocycles. The molecule has 0 heterocycles. The summed E-state index contributed by atoms with van der Waals surface area (Å²) in [7, 11) is 2.97. The summed E-state index contributed by atoms with van der Waals surface area (Å²) in [5.74, 6) is 0.945. The number of carbonyl (C=O) groups excluding carboxylic acids is 1. The second-order valence-corrected chi connectivity index (χ2v) is 6.25. The van der Waals surface area contributed by atoms with Crippen molar-refractivity contribution in [1.82, 2.24) is 5.06 Å². The fourth-order valence-electron chi connectivity index (χ4n) is 2.36. The van der Waals surface area contributed by atoms with E-state index in [4.69, 9.17) is 9.57 Å². The summed E-state index contributed by atoms with van der Waals surface area (Å²) in [4.78, 5) is 16.7. The number of hydrogen-bond donors (Lipinski definition) is 1. The molecule has 0 fully saturated rings. The van der Waals surface area contributed by atoms with Crippen LogP contribution < -0.4 is 10.1 Å². The minimum absolute atomic E-state index is 0.243. The van der Waals surface area contributed by atoms with Gasteiger partial charge in [-0.25, -0.2) is 9.86 Å². The van der Waals surface area contributed by atoms with Crippen molar-refractivity contribution in [2.45, 2.75) is 19.8 Å². The minimum Gasteiger partial charge on any atom is -0.493 e. The second kappa shape index (κ2) is 9.06. The van der Waals surface area contributed by atoms with Crippen molar-refractivity contribution in [2.24, 2.45) is 0 Å². The number of allylic oxidation sites excluding steroid dienone is 1. The Labute approximate surface area is 155 Å². The summed E-state index contributed by atoms with van der Waals surface area (Å²) in [6, 6.07) is 15.3. The highest BCUT2D eigenvalue weighted by Gasteiger charge is 2.10. The first-order valence-corrected chi connectivity index (χ1v) is 8.48. The van der Waals surface area contributed by atoms with E-state index in [1.54, 1.807) is 12.1 Å². The topological polar surface area (TPSA) is 50.8 Å². The van der Waals surface area contributed by atoms with E-state index < -0.39 is 0 Å². The van der Waals surface area contributed by atoms with E-state index in [1.807, 2.05) is 19.1 Å². The van der Waals surface area contributed by atoms with E-state index in [0.717, 1.165) is 16.2 Å². The molecular weight excluding hydrogens is 328 g/mol. The summed E-state index contributed by atoms with van der Waals surface area (Å²) >= 11 is 0. The predicted octanol–water partition coefficient (Wildman–Crippen LogP) is 4.93. The van der Waals surface area contributed by atoms with E-state index in [9.17, 15) is 4.79 Å². The zero-order valence-corrected chi connectivity index (χ0v) is 15.8. The number of hydrogen-bond acceptors (Lipinski definition) is 3. The van der Waals surface area contributed by atoms with Gasteiger partial charge in [0, 0.05) is 24.7 Å². The van der Waals surface area contributed by atoms with Gasteiger partial charge in [-0.15, -0.1) is 0 Å². The number of urea groups is 1. The highest BCUT2D eigenvalue weighted by molar-refractivity contribution is 5.88. The quantitative estimate of drug-likeness (QED) is 0.718. The zero-order valence-electron chi connectivity index (χ0n) is 15.8. The van der Waals surface area contributed by atoms with Crippen LogP contribution in [0.4, 0.5) is 10.5 Å². The number of benzene rings is 2. The molecule has 2 amide bonds. The average molecular weight is 354 g/mol. The van der Waals surface area contributed by atoms with Crippen LogP contribution in [0, 0.1) is 0 Å². The van der Waals surface area contributed by atoms with Crippen molar-refractivity contribution < 1.29 is 14.4 Å². The molecule has 0 bridgehead atoms. The van der Waals surface area contributed by atoms with Crippen molar-refractivity contribution in [3.63, 3.8) is 0 Å². The molecule has 2 aromatic rings. The van der Waals surface area contributed by atoms with Crippen LogP contribution in [0.3, 0.4) is 0 Å². The van der Waals surface area contributed by atoms with Crippen LogP contribution in [0.1, 0.15) is 30.9 Å². The molecular formula is C21H26N2O3. The van der Waals surface area contributed by atoms with Crippen LogP contribution in [-0.4, -0.2) is 31.9 Å². The lowest BCUT2D eigenvalue weighted by molar-refractivity contribution is -0.0598. The number of rotatable bonds is 7. The van der Waals surface area contributed by atoms with Crippen LogP contribution in [0.5, 0.6) is 5.75 Å². The molecule has 0 spiro atoms. The fourth-order valence-corrected chi connectivity index (χ4v) is 2.36. The maximum atomic E-state index is 11.8. The van der Waals surface area contributed by atoms with E-state index in [0.29, 0.717) is 18.0 Å². The summed E-state index contributed by atoms with van der Waals surface area (Å²) in [6.07, 6.45) is 0. The minimum atomic E-state index is -0.351. The SMILES string of the molecule is C=C(C)c1ccc(C(C)COc2cccc(NC(=O)N(C)OC)c2)cc1. The first kappa shape index (κ1) is 19.5. The van der Waals surface area contributed by atoms with Crippen LogP contribution >= 0.6 is 0 Å². The first-order valence-electron chi connectivity index (χ1n) is 8.48. The number of ether oxygens (including phenoxy) is 1. The number of hydroxylamine groups is 2. The van der Waals surface area contributed by atoms with E-state index >= 15 is 0 Å². The van der Waals surface area contributed by atoms with Crippen molar-refractivity contribution in [1.29, 1.82) is 0 Å². The van der Waals surface area contributed by atoms with E-state index in [-0.39, 0.29) is 11.9 Å². The molecule has 2 aromatic carbocycles. The van der Waals surface area contributed by atoms with Crippen molar-refractivity contribution in [2.75, 3.05) is 26.1 Å². The summed E-state index contributed by atoms with van der Waals surface area (Å²) < 4.78 is 5.90. The van der Waals surface area contributed by atoms with Gasteiger partial charge in [0.25, 0.3) is 0 Å². The van der Waals surface area contributed by atoms with Gasteiger partial charge in [0.15, 0.2) is 0 Å². The first-order chi connectivity index (χ1) is 12.4. The van der Waals surface area contributed by atoms with Crippen molar-refractivity contribution in [3.8, 4) is 5.75 Å². The molecule has 0 aliphatic heterocycles. The third-order valence-corrected chi connectivity index (χ3v) is 4.12. The van der Waals surface area contributed by atoms with Crippen molar-refractivity contribution in [3.05, 3.63) is 66.2 Å². The van der Waals surface area contributed by atoms with Gasteiger partial charge in [0.2, 0.25) is 0 Å². The van der Waals surface area contributed by atoms with Gasteiger partial charge >= 0.3 is 6.03 Å². The smallest absolute Gasteiger partial charge is 0.345 e. The standard InChI is InChI=1S/C21H26N2O3/c1-15(2)17-9-11-18(12-10-17)16(3)14-26-20-8-6-7-19(13-20)22-21(24)23(4)25-5/h6-13,16H,1,14H2,2-5H3,(H,22,24). The molecule has 0 aromatic heterocycles. The molecule has 0 aliphatic rings. The number of carbonyl (C=O) groups is 1. The number of anilines is 1. The van der Waals surface area contributed by atoms with Crippen molar-refractivity contribution >= 4 is 17.3 Å². The largest absolute Gasteiger partial charge is 0.493 e. The number of amides is 2. The lowest BCUT2D eigenvalue weighted by atomic mass is 9.99. The molecule has 26 heavy (non-hydrogen) atoms. The van der Waals surface area contributed by atoms with E-state index in [2.05, 4.69) is 43.1 Å². The molecule has 1 atom stereocenters. The summed E-state index contributed by atoms with van der Waals surface area (Å²) in [5, 5.41) is 3.86. The molecule has 1 N–H and O–H groups in total. The van der Waals surface area contributed by atoms with Gasteiger partial charge < -0.3 is 10.1 Å².